The van der Waals surface area contributed by atoms with Gasteiger partial charge < -0.3 is 5.73 Å². The number of nitriles is 1. The molecule has 0 saturated heterocycles. The molecule has 0 saturated carbocycles. The Kier molecular flexibility index (Phi) is 3.48. The minimum atomic E-state index is -2.58. The van der Waals surface area contributed by atoms with Crippen LogP contribution in [0.25, 0.3) is 0 Å². The SMILES string of the molecule is N#CCc1cc(C(F)F)c(CN)cn1. The van der Waals surface area contributed by atoms with E-state index in [1.54, 1.807) is 0 Å². The first-order chi connectivity index (χ1) is 6.69. The molecule has 0 fully saturated rings. The number of rotatable bonds is 3. The summed E-state index contributed by atoms with van der Waals surface area (Å²) in [5, 5.41) is 8.37. The summed E-state index contributed by atoms with van der Waals surface area (Å²) >= 11 is 0. The van der Waals surface area contributed by atoms with Gasteiger partial charge in [0.05, 0.1) is 18.2 Å². The largest absolute Gasteiger partial charge is 0.326 e. The van der Waals surface area contributed by atoms with E-state index in [4.69, 9.17) is 11.0 Å². The zero-order valence-electron chi connectivity index (χ0n) is 7.37. The second-order valence-corrected chi connectivity index (χ2v) is 2.71. The summed E-state index contributed by atoms with van der Waals surface area (Å²) in [5.74, 6) is 0. The Morgan fingerprint density at radius 2 is 2.29 bits per heavy atom. The molecule has 5 heteroatoms. The second-order valence-electron chi connectivity index (χ2n) is 2.71. The number of hydrogen-bond donors (Lipinski definition) is 1. The third-order valence-corrected chi connectivity index (χ3v) is 1.79. The van der Waals surface area contributed by atoms with Crippen LogP contribution in [0.4, 0.5) is 8.78 Å². The van der Waals surface area contributed by atoms with Gasteiger partial charge in [0.15, 0.2) is 0 Å². The highest BCUT2D eigenvalue weighted by Crippen LogP contribution is 2.22. The van der Waals surface area contributed by atoms with Crippen LogP contribution >= 0.6 is 0 Å². The van der Waals surface area contributed by atoms with Crippen molar-refractivity contribution in [2.45, 2.75) is 19.4 Å². The lowest BCUT2D eigenvalue weighted by Gasteiger charge is -2.07. The lowest BCUT2D eigenvalue weighted by Crippen LogP contribution is -2.04. The summed E-state index contributed by atoms with van der Waals surface area (Å²) in [6.45, 7) is 0.0273. The molecule has 0 atom stereocenters. The van der Waals surface area contributed by atoms with E-state index in [1.165, 1.54) is 12.3 Å². The van der Waals surface area contributed by atoms with Crippen molar-refractivity contribution in [3.63, 3.8) is 0 Å². The minimum Gasteiger partial charge on any atom is -0.326 e. The maximum Gasteiger partial charge on any atom is 0.264 e. The molecule has 0 aromatic carbocycles. The zero-order valence-corrected chi connectivity index (χ0v) is 7.37. The van der Waals surface area contributed by atoms with Gasteiger partial charge in [0.25, 0.3) is 6.43 Å². The summed E-state index contributed by atoms with van der Waals surface area (Å²) in [4.78, 5) is 3.85. The number of pyridine rings is 1. The van der Waals surface area contributed by atoms with Crippen molar-refractivity contribution >= 4 is 0 Å². The van der Waals surface area contributed by atoms with Gasteiger partial charge in [-0.2, -0.15) is 5.26 Å². The number of nitrogens with two attached hydrogens (primary N) is 1. The average molecular weight is 197 g/mol. The van der Waals surface area contributed by atoms with Gasteiger partial charge in [-0.15, -0.1) is 0 Å². The number of alkyl halides is 2. The molecule has 14 heavy (non-hydrogen) atoms. The molecule has 1 aromatic heterocycles. The van der Waals surface area contributed by atoms with Gasteiger partial charge >= 0.3 is 0 Å². The van der Waals surface area contributed by atoms with Crippen LogP contribution in [0.3, 0.4) is 0 Å². The van der Waals surface area contributed by atoms with Crippen LogP contribution in [0.2, 0.25) is 0 Å². The van der Waals surface area contributed by atoms with E-state index < -0.39 is 6.43 Å². The Morgan fingerprint density at radius 3 is 2.79 bits per heavy atom. The first kappa shape index (κ1) is 10.5. The predicted octanol–water partition coefficient (Wildman–Crippen LogP) is 1.54. The molecular formula is C9H9F2N3. The van der Waals surface area contributed by atoms with Crippen molar-refractivity contribution in [3.8, 4) is 6.07 Å². The van der Waals surface area contributed by atoms with Gasteiger partial charge in [-0.1, -0.05) is 0 Å². The Labute approximate surface area is 80.2 Å². The molecule has 0 aliphatic rings. The maximum atomic E-state index is 12.5. The lowest BCUT2D eigenvalue weighted by atomic mass is 10.1. The molecule has 0 spiro atoms. The summed E-state index contributed by atoms with van der Waals surface area (Å²) in [6, 6.07) is 3.08. The number of hydrogen-bond acceptors (Lipinski definition) is 3. The molecule has 1 heterocycles. The summed E-state index contributed by atoms with van der Waals surface area (Å²) in [6.07, 6.45) is -1.24. The molecule has 0 unspecified atom stereocenters. The standard InChI is InChI=1S/C9H9F2N3/c10-9(11)8-3-7(1-2-12)14-5-6(8)4-13/h3,5,9H,1,4,13H2. The normalized spacial score (nSPS) is 10.2. The van der Waals surface area contributed by atoms with Crippen LogP contribution in [-0.2, 0) is 13.0 Å². The molecule has 2 N–H and O–H groups in total. The summed E-state index contributed by atoms with van der Waals surface area (Å²) in [7, 11) is 0. The van der Waals surface area contributed by atoms with Crippen molar-refractivity contribution in [1.29, 1.82) is 5.26 Å². The van der Waals surface area contributed by atoms with Gasteiger partial charge in [-0.3, -0.25) is 4.98 Å². The summed E-state index contributed by atoms with van der Waals surface area (Å²) in [5.41, 5.74) is 5.81. The van der Waals surface area contributed by atoms with Gasteiger partial charge in [-0.05, 0) is 11.6 Å². The van der Waals surface area contributed by atoms with E-state index in [9.17, 15) is 8.78 Å². The Hall–Kier alpha value is -1.54. The minimum absolute atomic E-state index is 0.0273. The molecule has 0 bridgehead atoms. The van der Waals surface area contributed by atoms with Gasteiger partial charge in [0.2, 0.25) is 0 Å². The molecule has 0 aliphatic heterocycles. The number of aromatic nitrogens is 1. The van der Waals surface area contributed by atoms with E-state index >= 15 is 0 Å². The van der Waals surface area contributed by atoms with Crippen molar-refractivity contribution in [2.24, 2.45) is 5.73 Å². The Balaban J connectivity index is 3.09. The van der Waals surface area contributed by atoms with Gasteiger partial charge in [0, 0.05) is 18.3 Å². The first-order valence-corrected chi connectivity index (χ1v) is 4.02. The lowest BCUT2D eigenvalue weighted by molar-refractivity contribution is 0.150. The third kappa shape index (κ3) is 2.24. The number of halogens is 2. The smallest absolute Gasteiger partial charge is 0.264 e. The highest BCUT2D eigenvalue weighted by atomic mass is 19.3. The Bertz CT molecular complexity index is 358. The number of nitrogens with zero attached hydrogens (tertiary/aromatic N) is 2. The molecular weight excluding hydrogens is 188 g/mol. The molecule has 74 valence electrons. The monoisotopic (exact) mass is 197 g/mol. The second kappa shape index (κ2) is 4.63. The van der Waals surface area contributed by atoms with Crippen LogP contribution in [0.1, 0.15) is 23.2 Å². The fourth-order valence-electron chi connectivity index (χ4n) is 1.10. The third-order valence-electron chi connectivity index (χ3n) is 1.79. The van der Waals surface area contributed by atoms with Crippen LogP contribution in [0.15, 0.2) is 12.3 Å². The highest BCUT2D eigenvalue weighted by molar-refractivity contribution is 5.28. The quantitative estimate of drug-likeness (QED) is 0.799. The fourth-order valence-corrected chi connectivity index (χ4v) is 1.10. The Morgan fingerprint density at radius 1 is 1.57 bits per heavy atom. The van der Waals surface area contributed by atoms with Crippen molar-refractivity contribution in [1.82, 2.24) is 4.98 Å². The van der Waals surface area contributed by atoms with Crippen molar-refractivity contribution in [3.05, 3.63) is 29.1 Å². The predicted molar refractivity (Wildman–Crippen MR) is 46.4 cm³/mol. The molecule has 0 aliphatic carbocycles. The van der Waals surface area contributed by atoms with Crippen LogP contribution in [0.5, 0.6) is 0 Å². The molecule has 3 nitrogen and oxygen atoms in total. The van der Waals surface area contributed by atoms with E-state index in [0.29, 0.717) is 11.3 Å². The van der Waals surface area contributed by atoms with Crippen LogP contribution in [-0.4, -0.2) is 4.98 Å². The van der Waals surface area contributed by atoms with Crippen LogP contribution < -0.4 is 5.73 Å². The van der Waals surface area contributed by atoms with Gasteiger partial charge in [-0.25, -0.2) is 8.78 Å². The van der Waals surface area contributed by atoms with Crippen molar-refractivity contribution < 1.29 is 8.78 Å². The average Bonchev–Trinajstić information content (AvgIpc) is 2.18. The molecule has 1 rings (SSSR count). The zero-order chi connectivity index (χ0) is 10.6. The highest BCUT2D eigenvalue weighted by Gasteiger charge is 2.13. The van der Waals surface area contributed by atoms with Gasteiger partial charge in [0.1, 0.15) is 0 Å². The summed E-state index contributed by atoms with van der Waals surface area (Å²) < 4.78 is 24.9. The molecule has 1 aromatic rings. The fraction of sp³-hybridized carbons (Fsp3) is 0.333. The maximum absolute atomic E-state index is 12.5. The molecule has 0 amide bonds. The van der Waals surface area contributed by atoms with E-state index in [-0.39, 0.29) is 18.5 Å². The molecule has 0 radical (unpaired) electrons. The van der Waals surface area contributed by atoms with Crippen LogP contribution in [0, 0.1) is 11.3 Å². The van der Waals surface area contributed by atoms with Crippen molar-refractivity contribution in [2.75, 3.05) is 0 Å². The first-order valence-electron chi connectivity index (χ1n) is 4.02. The van der Waals surface area contributed by atoms with E-state index in [2.05, 4.69) is 4.98 Å². The van der Waals surface area contributed by atoms with E-state index in [1.807, 2.05) is 6.07 Å². The van der Waals surface area contributed by atoms with E-state index in [0.717, 1.165) is 0 Å². The topological polar surface area (TPSA) is 62.7 Å².